The van der Waals surface area contributed by atoms with E-state index < -0.39 is 30.4 Å². The Hall–Kier alpha value is -3.68. The summed E-state index contributed by atoms with van der Waals surface area (Å²) in [6, 6.07) is 12.3. The smallest absolute Gasteiger partial charge is 0.323 e. The van der Waals surface area contributed by atoms with E-state index in [1.807, 2.05) is 0 Å². The van der Waals surface area contributed by atoms with Gasteiger partial charge >= 0.3 is 5.97 Å². The number of aromatic hydroxyl groups is 1. The molecule has 2 aromatic carbocycles. The molecule has 8 heteroatoms. The van der Waals surface area contributed by atoms with Crippen LogP contribution in [0.2, 0.25) is 0 Å². The van der Waals surface area contributed by atoms with E-state index in [0.717, 1.165) is 4.90 Å². The number of aliphatic imine (C=N–C) groups is 1. The maximum absolute atomic E-state index is 13.1. The SMILES string of the molecule is NC(=O)CCC1N=C(c2cccc(O)c2)c2ccccc2N(CC(=O)O)C1=O. The highest BCUT2D eigenvalue weighted by atomic mass is 16.4. The van der Waals surface area contributed by atoms with Gasteiger partial charge in [0.05, 0.1) is 11.4 Å². The number of hydrogen-bond acceptors (Lipinski definition) is 5. The first-order valence-corrected chi connectivity index (χ1v) is 8.65. The third-order valence-corrected chi connectivity index (χ3v) is 4.36. The van der Waals surface area contributed by atoms with E-state index >= 15 is 0 Å². The fraction of sp³-hybridized carbons (Fsp3) is 0.200. The highest BCUT2D eigenvalue weighted by Gasteiger charge is 2.33. The summed E-state index contributed by atoms with van der Waals surface area (Å²) in [7, 11) is 0. The van der Waals surface area contributed by atoms with Crippen LogP contribution in [0.3, 0.4) is 0 Å². The first kappa shape index (κ1) is 19.1. The van der Waals surface area contributed by atoms with Crippen LogP contribution >= 0.6 is 0 Å². The molecule has 0 fully saturated rings. The number of carboxylic acid groups (broad SMARTS) is 1. The number of para-hydroxylation sites is 1. The number of carbonyl (C=O) groups is 3. The number of benzene rings is 2. The largest absolute Gasteiger partial charge is 0.508 e. The monoisotopic (exact) mass is 381 g/mol. The molecule has 1 aliphatic rings. The Bertz CT molecular complexity index is 970. The van der Waals surface area contributed by atoms with Gasteiger partial charge in [0.1, 0.15) is 18.3 Å². The Morgan fingerprint density at radius 2 is 1.89 bits per heavy atom. The van der Waals surface area contributed by atoms with Crippen LogP contribution in [0.4, 0.5) is 5.69 Å². The number of anilines is 1. The number of fused-ring (bicyclic) bond motifs is 1. The zero-order valence-electron chi connectivity index (χ0n) is 14.9. The minimum atomic E-state index is -1.17. The average molecular weight is 381 g/mol. The molecule has 0 saturated carbocycles. The number of aliphatic carboxylic acids is 1. The van der Waals surface area contributed by atoms with Crippen LogP contribution in [0.15, 0.2) is 53.5 Å². The van der Waals surface area contributed by atoms with Gasteiger partial charge in [-0.3, -0.25) is 24.3 Å². The molecule has 0 bridgehead atoms. The second-order valence-corrected chi connectivity index (χ2v) is 6.38. The third-order valence-electron chi connectivity index (χ3n) is 4.36. The molecule has 2 aromatic rings. The van der Waals surface area contributed by atoms with Crippen LogP contribution in [0.1, 0.15) is 24.0 Å². The summed E-state index contributed by atoms with van der Waals surface area (Å²) in [6.07, 6.45) is -0.00886. The van der Waals surface area contributed by atoms with Crippen molar-refractivity contribution < 1.29 is 24.6 Å². The average Bonchev–Trinajstić information content (AvgIpc) is 2.76. The number of nitrogens with zero attached hydrogens (tertiary/aromatic N) is 2. The Labute approximate surface area is 160 Å². The second-order valence-electron chi connectivity index (χ2n) is 6.38. The first-order valence-electron chi connectivity index (χ1n) is 8.65. The maximum Gasteiger partial charge on any atom is 0.323 e. The number of phenolic OH excluding ortho intramolecular Hbond substituents is 1. The van der Waals surface area contributed by atoms with Gasteiger partial charge in [-0.15, -0.1) is 0 Å². The number of amides is 2. The lowest BCUT2D eigenvalue weighted by Gasteiger charge is -2.23. The van der Waals surface area contributed by atoms with Crippen LogP contribution in [0.5, 0.6) is 5.75 Å². The van der Waals surface area contributed by atoms with Gasteiger partial charge in [-0.05, 0) is 24.6 Å². The van der Waals surface area contributed by atoms with Crippen molar-refractivity contribution in [3.63, 3.8) is 0 Å². The Morgan fingerprint density at radius 3 is 2.57 bits per heavy atom. The molecular formula is C20H19N3O5. The molecule has 28 heavy (non-hydrogen) atoms. The van der Waals surface area contributed by atoms with Crippen molar-refractivity contribution >= 4 is 29.2 Å². The molecule has 0 aromatic heterocycles. The molecule has 0 saturated heterocycles. The van der Waals surface area contributed by atoms with Crippen LogP contribution in [-0.4, -0.2) is 46.3 Å². The zero-order valence-corrected chi connectivity index (χ0v) is 14.9. The number of hydrogen-bond donors (Lipinski definition) is 3. The summed E-state index contributed by atoms with van der Waals surface area (Å²) in [4.78, 5) is 41.4. The lowest BCUT2D eigenvalue weighted by atomic mass is 10.00. The van der Waals surface area contributed by atoms with Crippen LogP contribution in [0, 0.1) is 0 Å². The zero-order chi connectivity index (χ0) is 20.3. The second kappa shape index (κ2) is 7.91. The fourth-order valence-electron chi connectivity index (χ4n) is 3.14. The highest BCUT2D eigenvalue weighted by molar-refractivity contribution is 6.20. The normalized spacial score (nSPS) is 16.1. The van der Waals surface area contributed by atoms with E-state index in [1.165, 1.54) is 12.1 Å². The lowest BCUT2D eigenvalue weighted by molar-refractivity contribution is -0.136. The molecule has 4 N–H and O–H groups in total. The summed E-state index contributed by atoms with van der Waals surface area (Å²) in [5, 5.41) is 19.1. The van der Waals surface area contributed by atoms with Gasteiger partial charge < -0.3 is 15.9 Å². The van der Waals surface area contributed by atoms with Crippen LogP contribution in [-0.2, 0) is 14.4 Å². The third kappa shape index (κ3) is 4.01. The number of phenols is 1. The fourth-order valence-corrected chi connectivity index (χ4v) is 3.14. The lowest BCUT2D eigenvalue weighted by Crippen LogP contribution is -2.41. The molecule has 0 aliphatic carbocycles. The minimum Gasteiger partial charge on any atom is -0.508 e. The van der Waals surface area contributed by atoms with E-state index in [2.05, 4.69) is 4.99 Å². The molecule has 8 nitrogen and oxygen atoms in total. The first-order chi connectivity index (χ1) is 13.4. The molecule has 3 rings (SSSR count). The van der Waals surface area contributed by atoms with Crippen molar-refractivity contribution in [2.24, 2.45) is 10.7 Å². The van der Waals surface area contributed by atoms with Crippen molar-refractivity contribution in [2.75, 3.05) is 11.4 Å². The molecular weight excluding hydrogens is 362 g/mol. The topological polar surface area (TPSA) is 133 Å². The van der Waals surface area contributed by atoms with E-state index in [1.54, 1.807) is 36.4 Å². The Morgan fingerprint density at radius 1 is 1.14 bits per heavy atom. The number of primary amides is 1. The number of benzodiazepines with no additional fused rings is 1. The molecule has 1 aliphatic heterocycles. The molecule has 1 heterocycles. The summed E-state index contributed by atoms with van der Waals surface area (Å²) in [5.41, 5.74) is 7.18. The van der Waals surface area contributed by atoms with E-state index in [0.29, 0.717) is 22.5 Å². The van der Waals surface area contributed by atoms with Gasteiger partial charge in [-0.2, -0.15) is 0 Å². The summed E-state index contributed by atoms with van der Waals surface area (Å²) in [5.74, 6) is -2.23. The van der Waals surface area contributed by atoms with Gasteiger partial charge in [0.2, 0.25) is 5.91 Å². The summed E-state index contributed by atoms with van der Waals surface area (Å²) >= 11 is 0. The molecule has 144 valence electrons. The predicted octanol–water partition coefficient (Wildman–Crippen LogP) is 1.29. The van der Waals surface area contributed by atoms with Gasteiger partial charge in [-0.25, -0.2) is 0 Å². The highest BCUT2D eigenvalue weighted by Crippen LogP contribution is 2.30. The van der Waals surface area contributed by atoms with E-state index in [9.17, 15) is 24.6 Å². The van der Waals surface area contributed by atoms with Gasteiger partial charge in [0.25, 0.3) is 5.91 Å². The number of rotatable bonds is 6. The molecule has 2 amide bonds. The standard InChI is InChI=1S/C20H19N3O5/c21-17(25)9-8-15-20(28)23(11-18(26)27)16-7-2-1-6-14(16)19(22-15)12-4-3-5-13(24)10-12/h1-7,10,15,24H,8-9,11H2,(H2,21,25)(H,26,27). The van der Waals surface area contributed by atoms with Crippen LogP contribution in [0.25, 0.3) is 0 Å². The number of carbonyl (C=O) groups excluding carboxylic acids is 2. The van der Waals surface area contributed by atoms with Gasteiger partial charge in [-0.1, -0.05) is 30.3 Å². The van der Waals surface area contributed by atoms with Gasteiger partial charge in [0, 0.05) is 17.5 Å². The molecule has 0 radical (unpaired) electrons. The number of nitrogens with two attached hydrogens (primary N) is 1. The Balaban J connectivity index is 2.18. The minimum absolute atomic E-state index is 0.0318. The summed E-state index contributed by atoms with van der Waals surface area (Å²) in [6.45, 7) is -0.536. The van der Waals surface area contributed by atoms with Crippen molar-refractivity contribution in [3.05, 3.63) is 59.7 Å². The van der Waals surface area contributed by atoms with Gasteiger partial charge in [0.15, 0.2) is 0 Å². The quantitative estimate of drug-likeness (QED) is 0.693. The van der Waals surface area contributed by atoms with Crippen molar-refractivity contribution in [3.8, 4) is 5.75 Å². The van der Waals surface area contributed by atoms with Crippen molar-refractivity contribution in [1.29, 1.82) is 0 Å². The predicted molar refractivity (Wildman–Crippen MR) is 102 cm³/mol. The molecule has 1 unspecified atom stereocenters. The van der Waals surface area contributed by atoms with Crippen LogP contribution < -0.4 is 10.6 Å². The van der Waals surface area contributed by atoms with Crippen molar-refractivity contribution in [1.82, 2.24) is 0 Å². The van der Waals surface area contributed by atoms with Crippen molar-refractivity contribution in [2.45, 2.75) is 18.9 Å². The number of carboxylic acids is 1. The maximum atomic E-state index is 13.1. The van der Waals surface area contributed by atoms with E-state index in [-0.39, 0.29) is 18.6 Å². The Kier molecular flexibility index (Phi) is 5.39. The van der Waals surface area contributed by atoms with E-state index in [4.69, 9.17) is 5.73 Å². The molecule has 0 spiro atoms. The summed E-state index contributed by atoms with van der Waals surface area (Å²) < 4.78 is 0. The molecule has 1 atom stereocenters.